The molecule has 2 aliphatic rings. The molecule has 11 heteroatoms. The molecule has 37 heavy (non-hydrogen) atoms. The minimum absolute atomic E-state index is 0.0767. The molecular weight excluding hydrogens is 492 g/mol. The molecule has 2 aromatic rings. The zero-order valence-corrected chi connectivity index (χ0v) is 20.3. The molecule has 0 saturated carbocycles. The number of hydrogen-bond acceptors (Lipinski definition) is 5. The van der Waals surface area contributed by atoms with Crippen molar-refractivity contribution in [3.05, 3.63) is 58.5 Å². The van der Waals surface area contributed by atoms with Crippen LogP contribution in [0, 0.1) is 11.7 Å². The van der Waals surface area contributed by atoms with E-state index in [1.54, 1.807) is 0 Å². The third-order valence-corrected chi connectivity index (χ3v) is 6.96. The van der Waals surface area contributed by atoms with Crippen molar-refractivity contribution >= 4 is 17.7 Å². The first-order valence-electron chi connectivity index (χ1n) is 12.4. The maximum absolute atomic E-state index is 13.6. The van der Waals surface area contributed by atoms with Gasteiger partial charge in [0.15, 0.2) is 0 Å². The number of hydrogen-bond donors (Lipinski definition) is 3. The summed E-state index contributed by atoms with van der Waals surface area (Å²) in [6, 6.07) is 4.36. The van der Waals surface area contributed by atoms with E-state index in [1.807, 2.05) is 0 Å². The highest BCUT2D eigenvalue weighted by Crippen LogP contribution is 2.30. The predicted octanol–water partition coefficient (Wildman–Crippen LogP) is 4.13. The standard InChI is InChI=1S/C26H30F4N4O3/c27-20-13-18(12-19(14-20)26(28,29)30)24(35)33-22(25(36)37)8-11-34-10-7-16(15-34)3-5-21-6-4-17-2-1-9-31-23(17)32-21/h4,6,12-14,16,22H,1-3,5,7-11,15H2,(H,31,32)(H,33,35)(H,36,37)/t16-,22?/m1/s1. The number of anilines is 1. The first-order valence-corrected chi connectivity index (χ1v) is 12.4. The van der Waals surface area contributed by atoms with E-state index in [0.717, 1.165) is 63.3 Å². The average molecular weight is 523 g/mol. The third-order valence-electron chi connectivity index (χ3n) is 6.96. The molecule has 0 spiro atoms. The van der Waals surface area contributed by atoms with Gasteiger partial charge in [-0.15, -0.1) is 0 Å². The molecule has 0 radical (unpaired) electrons. The number of carbonyl (C=O) groups excluding carboxylic acids is 1. The van der Waals surface area contributed by atoms with Gasteiger partial charge in [-0.1, -0.05) is 6.07 Å². The Hall–Kier alpha value is -3.21. The number of aryl methyl sites for hydroxylation is 2. The number of carbonyl (C=O) groups is 2. The molecule has 7 nitrogen and oxygen atoms in total. The lowest BCUT2D eigenvalue weighted by molar-refractivity contribution is -0.140. The Bertz CT molecular complexity index is 1140. The molecule has 1 amide bonds. The number of carboxylic acid groups (broad SMARTS) is 1. The minimum Gasteiger partial charge on any atom is -0.480 e. The first-order chi connectivity index (χ1) is 17.6. The lowest BCUT2D eigenvalue weighted by Crippen LogP contribution is -2.43. The largest absolute Gasteiger partial charge is 0.480 e. The summed E-state index contributed by atoms with van der Waals surface area (Å²) < 4.78 is 52.5. The maximum Gasteiger partial charge on any atom is 0.416 e. The van der Waals surface area contributed by atoms with E-state index < -0.39 is 41.0 Å². The van der Waals surface area contributed by atoms with E-state index in [-0.39, 0.29) is 12.5 Å². The number of pyridine rings is 1. The van der Waals surface area contributed by atoms with Gasteiger partial charge in [0.25, 0.3) is 5.91 Å². The van der Waals surface area contributed by atoms with Gasteiger partial charge in [-0.05, 0) is 80.8 Å². The van der Waals surface area contributed by atoms with E-state index >= 15 is 0 Å². The number of halogens is 4. The number of nitrogens with zero attached hydrogens (tertiary/aromatic N) is 2. The van der Waals surface area contributed by atoms with Gasteiger partial charge in [0.05, 0.1) is 5.56 Å². The van der Waals surface area contributed by atoms with Gasteiger partial charge >= 0.3 is 12.1 Å². The molecule has 0 bridgehead atoms. The van der Waals surface area contributed by atoms with Crippen molar-refractivity contribution in [2.75, 3.05) is 31.5 Å². The number of rotatable bonds is 9. The van der Waals surface area contributed by atoms with Crippen LogP contribution in [0.4, 0.5) is 23.4 Å². The molecule has 1 fully saturated rings. The number of carboxylic acids is 1. The zero-order valence-electron chi connectivity index (χ0n) is 20.3. The van der Waals surface area contributed by atoms with E-state index in [1.165, 1.54) is 5.56 Å². The van der Waals surface area contributed by atoms with Crippen molar-refractivity contribution in [1.82, 2.24) is 15.2 Å². The number of fused-ring (bicyclic) bond motifs is 1. The van der Waals surface area contributed by atoms with Crippen molar-refractivity contribution in [2.45, 2.75) is 50.7 Å². The fourth-order valence-electron chi connectivity index (χ4n) is 4.91. The molecule has 200 valence electrons. The van der Waals surface area contributed by atoms with Crippen LogP contribution >= 0.6 is 0 Å². The Labute approximate surface area is 212 Å². The van der Waals surface area contributed by atoms with Gasteiger partial charge in [-0.3, -0.25) is 4.79 Å². The van der Waals surface area contributed by atoms with Crippen LogP contribution in [0.15, 0.2) is 30.3 Å². The van der Waals surface area contributed by atoms with Crippen LogP contribution in [0.2, 0.25) is 0 Å². The van der Waals surface area contributed by atoms with E-state index in [9.17, 15) is 32.3 Å². The van der Waals surface area contributed by atoms with Gasteiger partial charge in [0.2, 0.25) is 0 Å². The van der Waals surface area contributed by atoms with Gasteiger partial charge in [-0.25, -0.2) is 14.2 Å². The van der Waals surface area contributed by atoms with Crippen LogP contribution in [0.1, 0.15) is 52.9 Å². The van der Waals surface area contributed by atoms with Crippen molar-refractivity contribution in [2.24, 2.45) is 5.92 Å². The normalized spacial score (nSPS) is 18.6. The second-order valence-electron chi connectivity index (χ2n) is 9.71. The van der Waals surface area contributed by atoms with Crippen LogP contribution in [0.5, 0.6) is 0 Å². The third kappa shape index (κ3) is 7.18. The summed E-state index contributed by atoms with van der Waals surface area (Å²) in [5, 5.41) is 15.1. The Morgan fingerprint density at radius 1 is 1.24 bits per heavy atom. The summed E-state index contributed by atoms with van der Waals surface area (Å²) in [5.41, 5.74) is 0.409. The fraction of sp³-hybridized carbons (Fsp3) is 0.500. The van der Waals surface area contributed by atoms with Gasteiger partial charge in [0, 0.05) is 30.9 Å². The van der Waals surface area contributed by atoms with E-state index in [4.69, 9.17) is 4.98 Å². The molecule has 0 aliphatic carbocycles. The minimum atomic E-state index is -4.83. The number of nitrogens with one attached hydrogen (secondary N) is 2. The van der Waals surface area contributed by atoms with Gasteiger partial charge < -0.3 is 20.6 Å². The summed E-state index contributed by atoms with van der Waals surface area (Å²) >= 11 is 0. The number of benzene rings is 1. The summed E-state index contributed by atoms with van der Waals surface area (Å²) in [7, 11) is 0. The van der Waals surface area contributed by atoms with Crippen LogP contribution in [0.25, 0.3) is 0 Å². The predicted molar refractivity (Wildman–Crippen MR) is 129 cm³/mol. The molecule has 2 atom stereocenters. The van der Waals surface area contributed by atoms with Crippen molar-refractivity contribution in [1.29, 1.82) is 0 Å². The Balaban J connectivity index is 1.26. The van der Waals surface area contributed by atoms with Crippen LogP contribution in [-0.4, -0.2) is 59.1 Å². The summed E-state index contributed by atoms with van der Waals surface area (Å²) in [5.74, 6) is -2.17. The summed E-state index contributed by atoms with van der Waals surface area (Å²) in [6.07, 6.45) is 0.188. The molecule has 1 aromatic heterocycles. The number of alkyl halides is 3. The van der Waals surface area contributed by atoms with Crippen molar-refractivity contribution in [3.8, 4) is 0 Å². The van der Waals surface area contributed by atoms with Crippen molar-refractivity contribution < 1.29 is 32.3 Å². The Kier molecular flexibility index (Phi) is 8.31. The van der Waals surface area contributed by atoms with Crippen LogP contribution < -0.4 is 10.6 Å². The van der Waals surface area contributed by atoms with Gasteiger partial charge in [-0.2, -0.15) is 13.2 Å². The zero-order chi connectivity index (χ0) is 26.6. The highest BCUT2D eigenvalue weighted by Gasteiger charge is 2.32. The van der Waals surface area contributed by atoms with Crippen LogP contribution in [0.3, 0.4) is 0 Å². The lowest BCUT2D eigenvalue weighted by atomic mass is 10.00. The maximum atomic E-state index is 13.6. The quantitative estimate of drug-likeness (QED) is 0.429. The SMILES string of the molecule is O=C(NC(CCN1CC[C@@H](CCc2ccc3c(n2)NCCC3)C1)C(=O)O)c1cc(F)cc(C(F)(F)F)c1. The molecule has 1 saturated heterocycles. The molecule has 2 aliphatic heterocycles. The molecular formula is C26H30F4N4O3. The number of likely N-dealkylation sites (tertiary alicyclic amines) is 1. The first kappa shape index (κ1) is 26.8. The average Bonchev–Trinajstić information content (AvgIpc) is 3.31. The highest BCUT2D eigenvalue weighted by atomic mass is 19.4. The molecule has 4 rings (SSSR count). The molecule has 1 aromatic carbocycles. The molecule has 1 unspecified atom stereocenters. The second kappa shape index (κ2) is 11.5. The van der Waals surface area contributed by atoms with E-state index in [0.29, 0.717) is 24.6 Å². The number of amides is 1. The van der Waals surface area contributed by atoms with Crippen molar-refractivity contribution in [3.63, 3.8) is 0 Å². The molecule has 3 heterocycles. The number of aliphatic carboxylic acids is 1. The highest BCUT2D eigenvalue weighted by molar-refractivity contribution is 5.96. The fourth-order valence-corrected chi connectivity index (χ4v) is 4.91. The monoisotopic (exact) mass is 522 g/mol. The smallest absolute Gasteiger partial charge is 0.416 e. The Morgan fingerprint density at radius 2 is 2.05 bits per heavy atom. The molecule has 3 N–H and O–H groups in total. The Morgan fingerprint density at radius 3 is 2.81 bits per heavy atom. The van der Waals surface area contributed by atoms with E-state index in [2.05, 4.69) is 27.7 Å². The number of aromatic nitrogens is 1. The summed E-state index contributed by atoms with van der Waals surface area (Å²) in [6.45, 7) is 2.94. The topological polar surface area (TPSA) is 94.6 Å². The lowest BCUT2D eigenvalue weighted by Gasteiger charge is -2.20. The van der Waals surface area contributed by atoms with Gasteiger partial charge in [0.1, 0.15) is 17.7 Å². The summed E-state index contributed by atoms with van der Waals surface area (Å²) in [4.78, 5) is 31.0. The second-order valence-corrected chi connectivity index (χ2v) is 9.71. The van der Waals surface area contributed by atoms with Crippen LogP contribution in [-0.2, 0) is 23.8 Å².